The maximum absolute atomic E-state index is 12.6. The number of fused-ring (bicyclic) bond motifs is 1. The molecule has 0 aliphatic carbocycles. The summed E-state index contributed by atoms with van der Waals surface area (Å²) in [7, 11) is 0. The lowest BCUT2D eigenvalue weighted by Crippen LogP contribution is -2.43. The van der Waals surface area contributed by atoms with Crippen LogP contribution in [0.4, 0.5) is 0 Å². The van der Waals surface area contributed by atoms with Crippen molar-refractivity contribution in [3.8, 4) is 0 Å². The van der Waals surface area contributed by atoms with Gasteiger partial charge in [0.15, 0.2) is 5.96 Å². The number of carbonyl (C=O) groups excluding carboxylic acids is 1. The van der Waals surface area contributed by atoms with E-state index in [9.17, 15) is 4.79 Å². The Morgan fingerprint density at radius 3 is 2.79 bits per heavy atom. The number of hydrogen-bond donors (Lipinski definition) is 2. The lowest BCUT2D eigenvalue weighted by molar-refractivity contribution is -0.130. The van der Waals surface area contributed by atoms with E-state index in [2.05, 4.69) is 52.7 Å². The van der Waals surface area contributed by atoms with Gasteiger partial charge < -0.3 is 20.4 Å². The largest absolute Gasteiger partial charge is 0.357 e. The van der Waals surface area contributed by atoms with Crippen LogP contribution in [0, 0.1) is 0 Å². The van der Waals surface area contributed by atoms with Crippen molar-refractivity contribution in [2.45, 2.75) is 59.5 Å². The maximum Gasteiger partial charge on any atom is 0.244 e. The highest BCUT2D eigenvalue weighted by Crippen LogP contribution is 2.23. The molecule has 0 saturated heterocycles. The lowest BCUT2D eigenvalue weighted by atomic mass is 10.1. The molecule has 2 rings (SSSR count). The first-order valence-corrected chi connectivity index (χ1v) is 11.5. The molecule has 1 aromatic rings. The summed E-state index contributed by atoms with van der Waals surface area (Å²) in [6.07, 6.45) is 3.21. The molecule has 1 aliphatic rings. The molecular weight excluding hydrogens is 497 g/mol. The molecule has 0 bridgehead atoms. The second-order valence-electron chi connectivity index (χ2n) is 7.34. The quantitative estimate of drug-likeness (QED) is 0.274. The molecule has 2 N–H and O–H groups in total. The molecule has 8 heteroatoms. The molecule has 1 aliphatic heterocycles. The molecule has 1 atom stereocenters. The topological polar surface area (TPSA) is 60.0 Å². The average Bonchev–Trinajstić information content (AvgIpc) is 3.17. The Morgan fingerprint density at radius 2 is 2.10 bits per heavy atom. The van der Waals surface area contributed by atoms with Crippen molar-refractivity contribution in [2.75, 3.05) is 39.3 Å². The molecular formula is C21H38IN5OS. The number of aliphatic imine (C=N–C) groups is 1. The second kappa shape index (κ2) is 14.2. The van der Waals surface area contributed by atoms with Gasteiger partial charge in [-0.25, -0.2) is 4.99 Å². The SMILES string of the molecule is CCNC(=NCC(=O)N1CCc2sccc2C1)NC(C)CCCN(CC)CC.I. The highest BCUT2D eigenvalue weighted by Gasteiger charge is 2.21. The zero-order valence-corrected chi connectivity index (χ0v) is 21.5. The van der Waals surface area contributed by atoms with Gasteiger partial charge in [0.2, 0.25) is 5.91 Å². The second-order valence-corrected chi connectivity index (χ2v) is 8.34. The Hall–Kier alpha value is -0.870. The van der Waals surface area contributed by atoms with E-state index in [0.29, 0.717) is 6.04 Å². The number of halogens is 1. The first-order chi connectivity index (χ1) is 13.6. The molecule has 0 saturated carbocycles. The van der Waals surface area contributed by atoms with Crippen LogP contribution < -0.4 is 10.6 Å². The fraction of sp³-hybridized carbons (Fsp3) is 0.714. The zero-order chi connectivity index (χ0) is 20.4. The Kier molecular flexibility index (Phi) is 12.8. The Bertz CT molecular complexity index is 632. The predicted molar refractivity (Wildman–Crippen MR) is 134 cm³/mol. The van der Waals surface area contributed by atoms with Gasteiger partial charge in [0.05, 0.1) is 0 Å². The smallest absolute Gasteiger partial charge is 0.244 e. The minimum Gasteiger partial charge on any atom is -0.357 e. The van der Waals surface area contributed by atoms with Crippen LogP contribution in [-0.2, 0) is 17.8 Å². The monoisotopic (exact) mass is 535 g/mol. The third kappa shape index (κ3) is 8.80. The number of thiophene rings is 1. The number of nitrogens with zero attached hydrogens (tertiary/aromatic N) is 3. The van der Waals surface area contributed by atoms with E-state index in [4.69, 9.17) is 0 Å². The summed E-state index contributed by atoms with van der Waals surface area (Å²) in [6.45, 7) is 14.5. The van der Waals surface area contributed by atoms with Gasteiger partial charge in [0.1, 0.15) is 6.54 Å². The van der Waals surface area contributed by atoms with E-state index in [1.807, 2.05) is 11.8 Å². The first kappa shape index (κ1) is 26.2. The van der Waals surface area contributed by atoms with Crippen LogP contribution >= 0.6 is 35.3 Å². The van der Waals surface area contributed by atoms with Crippen molar-refractivity contribution in [3.63, 3.8) is 0 Å². The average molecular weight is 536 g/mol. The predicted octanol–water partition coefficient (Wildman–Crippen LogP) is 3.32. The van der Waals surface area contributed by atoms with Gasteiger partial charge in [-0.15, -0.1) is 35.3 Å². The van der Waals surface area contributed by atoms with Crippen LogP contribution in [0.2, 0.25) is 0 Å². The Balaban J connectivity index is 0.00000420. The molecule has 29 heavy (non-hydrogen) atoms. The molecule has 6 nitrogen and oxygen atoms in total. The summed E-state index contributed by atoms with van der Waals surface area (Å²) in [5.74, 6) is 0.836. The van der Waals surface area contributed by atoms with Gasteiger partial charge in [0, 0.05) is 30.6 Å². The van der Waals surface area contributed by atoms with Crippen LogP contribution in [0.1, 0.15) is 51.0 Å². The summed E-state index contributed by atoms with van der Waals surface area (Å²) in [5.41, 5.74) is 1.29. The number of guanidine groups is 1. The standard InChI is InChI=1S/C21H37N5OS.HI/c1-5-22-21(24-17(4)9-8-12-25(6-2)7-3)23-15-20(27)26-13-10-19-18(16-26)11-14-28-19;/h11,14,17H,5-10,12-13,15-16H2,1-4H3,(H2,22,23,24);1H. The Labute approximate surface area is 197 Å². The molecule has 1 aromatic heterocycles. The van der Waals surface area contributed by atoms with Crippen LogP contribution in [0.5, 0.6) is 0 Å². The fourth-order valence-electron chi connectivity index (χ4n) is 3.49. The number of amides is 1. The van der Waals surface area contributed by atoms with E-state index < -0.39 is 0 Å². The molecule has 2 heterocycles. The van der Waals surface area contributed by atoms with Crippen LogP contribution in [-0.4, -0.2) is 67.0 Å². The van der Waals surface area contributed by atoms with Gasteiger partial charge in [-0.2, -0.15) is 0 Å². The van der Waals surface area contributed by atoms with Gasteiger partial charge >= 0.3 is 0 Å². The highest BCUT2D eigenvalue weighted by molar-refractivity contribution is 14.0. The van der Waals surface area contributed by atoms with Crippen molar-refractivity contribution in [1.29, 1.82) is 0 Å². The summed E-state index contributed by atoms with van der Waals surface area (Å²) >= 11 is 1.79. The van der Waals surface area contributed by atoms with Gasteiger partial charge in [0.25, 0.3) is 0 Å². The number of rotatable bonds is 10. The molecule has 166 valence electrons. The van der Waals surface area contributed by atoms with Gasteiger partial charge in [-0.1, -0.05) is 13.8 Å². The lowest BCUT2D eigenvalue weighted by Gasteiger charge is -2.26. The van der Waals surface area contributed by atoms with Gasteiger partial charge in [-0.05, 0) is 69.8 Å². The third-order valence-corrected chi connectivity index (χ3v) is 6.29. The van der Waals surface area contributed by atoms with Crippen molar-refractivity contribution in [2.24, 2.45) is 4.99 Å². The van der Waals surface area contributed by atoms with E-state index in [-0.39, 0.29) is 36.4 Å². The fourth-order valence-corrected chi connectivity index (χ4v) is 4.38. The minimum atomic E-state index is 0. The molecule has 1 unspecified atom stereocenters. The van der Waals surface area contributed by atoms with E-state index >= 15 is 0 Å². The highest BCUT2D eigenvalue weighted by atomic mass is 127. The minimum absolute atomic E-state index is 0. The van der Waals surface area contributed by atoms with Crippen molar-refractivity contribution in [3.05, 3.63) is 21.9 Å². The Morgan fingerprint density at radius 1 is 1.34 bits per heavy atom. The van der Waals surface area contributed by atoms with Crippen LogP contribution in [0.15, 0.2) is 16.4 Å². The van der Waals surface area contributed by atoms with Crippen LogP contribution in [0.25, 0.3) is 0 Å². The van der Waals surface area contributed by atoms with Gasteiger partial charge in [-0.3, -0.25) is 4.79 Å². The summed E-state index contributed by atoms with van der Waals surface area (Å²) < 4.78 is 0. The number of carbonyl (C=O) groups is 1. The maximum atomic E-state index is 12.6. The molecule has 0 fully saturated rings. The number of hydrogen-bond acceptors (Lipinski definition) is 4. The van der Waals surface area contributed by atoms with Crippen molar-refractivity contribution >= 4 is 47.2 Å². The van der Waals surface area contributed by atoms with E-state index in [1.165, 1.54) is 10.4 Å². The van der Waals surface area contributed by atoms with E-state index in [0.717, 1.165) is 64.5 Å². The number of nitrogens with one attached hydrogen (secondary N) is 2. The third-order valence-electron chi connectivity index (χ3n) is 5.27. The molecule has 1 amide bonds. The summed E-state index contributed by atoms with van der Waals surface area (Å²) in [6, 6.07) is 2.46. The molecule has 0 spiro atoms. The zero-order valence-electron chi connectivity index (χ0n) is 18.4. The van der Waals surface area contributed by atoms with E-state index in [1.54, 1.807) is 11.3 Å². The van der Waals surface area contributed by atoms with Crippen LogP contribution in [0.3, 0.4) is 0 Å². The van der Waals surface area contributed by atoms with Crippen molar-refractivity contribution < 1.29 is 4.79 Å². The first-order valence-electron chi connectivity index (χ1n) is 10.7. The van der Waals surface area contributed by atoms with Crippen molar-refractivity contribution in [1.82, 2.24) is 20.4 Å². The molecule has 0 aromatic carbocycles. The summed E-state index contributed by atoms with van der Waals surface area (Å²) in [4.78, 5) is 22.9. The summed E-state index contributed by atoms with van der Waals surface area (Å²) in [5, 5.41) is 8.83. The molecule has 0 radical (unpaired) electrons. The normalized spacial score (nSPS) is 14.9.